The molecular weight excluding hydrogens is 290 g/mol. The zero-order valence-corrected chi connectivity index (χ0v) is 13.0. The lowest BCUT2D eigenvalue weighted by Gasteiger charge is -2.34. The van der Waals surface area contributed by atoms with Gasteiger partial charge in [-0.15, -0.1) is 0 Å². The van der Waals surface area contributed by atoms with Crippen LogP contribution in [0.2, 0.25) is 0 Å². The molecule has 1 atom stereocenters. The molecule has 0 saturated carbocycles. The van der Waals surface area contributed by atoms with Crippen molar-refractivity contribution >= 4 is 5.91 Å². The van der Waals surface area contributed by atoms with Crippen LogP contribution in [0.1, 0.15) is 24.0 Å². The number of hydrogen-bond donors (Lipinski definition) is 2. The van der Waals surface area contributed by atoms with Gasteiger partial charge in [-0.1, -0.05) is 42.5 Å². The average molecular weight is 311 g/mol. The predicted molar refractivity (Wildman–Crippen MR) is 88.2 cm³/mol. The van der Waals surface area contributed by atoms with Crippen LogP contribution in [0.4, 0.5) is 0 Å². The van der Waals surface area contributed by atoms with Crippen molar-refractivity contribution in [3.63, 3.8) is 0 Å². The fourth-order valence-electron chi connectivity index (χ4n) is 3.04. The van der Waals surface area contributed by atoms with Crippen LogP contribution in [0.5, 0.6) is 5.75 Å². The highest BCUT2D eigenvalue weighted by molar-refractivity contribution is 5.77. The van der Waals surface area contributed by atoms with Gasteiger partial charge in [0.2, 0.25) is 0 Å². The third-order valence-corrected chi connectivity index (χ3v) is 4.25. The third-order valence-electron chi connectivity index (χ3n) is 4.25. The Balaban J connectivity index is 1.57. The summed E-state index contributed by atoms with van der Waals surface area (Å²) in [7, 11) is 0. The molecule has 2 aromatic carbocycles. The van der Waals surface area contributed by atoms with E-state index in [1.54, 1.807) is 12.1 Å². The molecule has 0 heterocycles. The molecule has 1 aliphatic rings. The number of para-hydroxylation sites is 1. The van der Waals surface area contributed by atoms with Crippen molar-refractivity contribution in [2.24, 2.45) is 0 Å². The molecule has 4 nitrogen and oxygen atoms in total. The quantitative estimate of drug-likeness (QED) is 0.891. The first-order valence-electron chi connectivity index (χ1n) is 7.93. The Morgan fingerprint density at radius 3 is 2.70 bits per heavy atom. The van der Waals surface area contributed by atoms with E-state index in [0.29, 0.717) is 12.2 Å². The maximum atomic E-state index is 12.0. The molecule has 0 aliphatic heterocycles. The van der Waals surface area contributed by atoms with Crippen molar-refractivity contribution in [1.82, 2.24) is 5.32 Å². The highest BCUT2D eigenvalue weighted by Gasteiger charge is 2.34. The standard InChI is InChI=1S/C19H21NO3/c21-18(13-23-16-9-2-1-3-10-16)20-14-19(22)12-6-8-15-7-4-5-11-17(15)19/h1-5,7,9-11,22H,6,8,12-14H2,(H,20,21). The van der Waals surface area contributed by atoms with Crippen LogP contribution in [0.3, 0.4) is 0 Å². The van der Waals surface area contributed by atoms with Crippen LogP contribution in [-0.2, 0) is 16.8 Å². The topological polar surface area (TPSA) is 58.6 Å². The monoisotopic (exact) mass is 311 g/mol. The molecule has 2 N–H and O–H groups in total. The predicted octanol–water partition coefficient (Wildman–Crippen LogP) is 2.41. The maximum Gasteiger partial charge on any atom is 0.258 e. The van der Waals surface area contributed by atoms with Gasteiger partial charge >= 0.3 is 0 Å². The van der Waals surface area contributed by atoms with E-state index in [-0.39, 0.29) is 19.1 Å². The molecule has 120 valence electrons. The van der Waals surface area contributed by atoms with E-state index >= 15 is 0 Å². The number of fused-ring (bicyclic) bond motifs is 1. The van der Waals surface area contributed by atoms with Gasteiger partial charge in [-0.2, -0.15) is 0 Å². The summed E-state index contributed by atoms with van der Waals surface area (Å²) < 4.78 is 5.42. The Morgan fingerprint density at radius 2 is 1.87 bits per heavy atom. The van der Waals surface area contributed by atoms with Crippen LogP contribution in [0, 0.1) is 0 Å². The number of ether oxygens (including phenoxy) is 1. The summed E-state index contributed by atoms with van der Waals surface area (Å²) in [5.74, 6) is 0.426. The van der Waals surface area contributed by atoms with Crippen LogP contribution in [0.25, 0.3) is 0 Å². The summed E-state index contributed by atoms with van der Waals surface area (Å²) >= 11 is 0. The second kappa shape index (κ2) is 6.84. The van der Waals surface area contributed by atoms with Crippen LogP contribution in [-0.4, -0.2) is 24.2 Å². The Hall–Kier alpha value is -2.33. The van der Waals surface area contributed by atoms with E-state index in [9.17, 15) is 9.90 Å². The van der Waals surface area contributed by atoms with Gasteiger partial charge in [0.25, 0.3) is 5.91 Å². The van der Waals surface area contributed by atoms with Crippen LogP contribution in [0.15, 0.2) is 54.6 Å². The molecule has 0 aromatic heterocycles. The second-order valence-electron chi connectivity index (χ2n) is 5.92. The maximum absolute atomic E-state index is 12.0. The number of benzene rings is 2. The van der Waals surface area contributed by atoms with Crippen LogP contribution < -0.4 is 10.1 Å². The zero-order valence-electron chi connectivity index (χ0n) is 13.0. The van der Waals surface area contributed by atoms with Gasteiger partial charge in [0.05, 0.1) is 6.54 Å². The summed E-state index contributed by atoms with van der Waals surface area (Å²) in [6.07, 6.45) is 2.55. The largest absolute Gasteiger partial charge is 0.484 e. The van der Waals surface area contributed by atoms with E-state index in [2.05, 4.69) is 5.32 Å². The molecule has 2 aromatic rings. The average Bonchev–Trinajstić information content (AvgIpc) is 2.60. The van der Waals surface area contributed by atoms with Gasteiger partial charge in [-0.3, -0.25) is 4.79 Å². The first-order chi connectivity index (χ1) is 11.2. The summed E-state index contributed by atoms with van der Waals surface area (Å²) in [5, 5.41) is 13.7. The van der Waals surface area contributed by atoms with Crippen LogP contribution >= 0.6 is 0 Å². The summed E-state index contributed by atoms with van der Waals surface area (Å²) in [6, 6.07) is 17.1. The second-order valence-corrected chi connectivity index (χ2v) is 5.92. The Morgan fingerprint density at radius 1 is 1.13 bits per heavy atom. The van der Waals surface area contributed by atoms with E-state index in [0.717, 1.165) is 24.0 Å². The van der Waals surface area contributed by atoms with Crippen molar-refractivity contribution in [2.45, 2.75) is 24.9 Å². The molecule has 0 saturated heterocycles. The fourth-order valence-corrected chi connectivity index (χ4v) is 3.04. The fraction of sp³-hybridized carbons (Fsp3) is 0.316. The Kier molecular flexibility index (Phi) is 4.63. The number of aliphatic hydroxyl groups is 1. The lowest BCUT2D eigenvalue weighted by molar-refractivity contribution is -0.124. The molecular formula is C19H21NO3. The lowest BCUT2D eigenvalue weighted by Crippen LogP contribution is -2.44. The Labute approximate surface area is 136 Å². The molecule has 23 heavy (non-hydrogen) atoms. The van der Waals surface area contributed by atoms with E-state index in [4.69, 9.17) is 4.74 Å². The molecule has 1 amide bonds. The van der Waals surface area contributed by atoms with E-state index in [1.165, 1.54) is 0 Å². The smallest absolute Gasteiger partial charge is 0.258 e. The van der Waals surface area contributed by atoms with Gasteiger partial charge in [0.15, 0.2) is 6.61 Å². The summed E-state index contributed by atoms with van der Waals surface area (Å²) in [5.41, 5.74) is 1.10. The molecule has 0 spiro atoms. The Bertz CT molecular complexity index is 671. The zero-order chi connectivity index (χ0) is 16.1. The first kappa shape index (κ1) is 15.6. The van der Waals surface area contributed by atoms with Crippen molar-refractivity contribution in [3.8, 4) is 5.75 Å². The highest BCUT2D eigenvalue weighted by atomic mass is 16.5. The molecule has 1 aliphatic carbocycles. The number of hydrogen-bond acceptors (Lipinski definition) is 3. The summed E-state index contributed by atoms with van der Waals surface area (Å²) in [6.45, 7) is 0.155. The minimum absolute atomic E-state index is 0.0538. The van der Waals surface area contributed by atoms with Crippen molar-refractivity contribution in [2.75, 3.05) is 13.2 Å². The molecule has 0 bridgehead atoms. The van der Waals surface area contributed by atoms with Crippen molar-refractivity contribution in [1.29, 1.82) is 0 Å². The third kappa shape index (κ3) is 3.71. The minimum Gasteiger partial charge on any atom is -0.484 e. The van der Waals surface area contributed by atoms with Gasteiger partial charge < -0.3 is 15.2 Å². The van der Waals surface area contributed by atoms with Gasteiger partial charge in [0.1, 0.15) is 11.4 Å². The molecule has 0 radical (unpaired) electrons. The van der Waals surface area contributed by atoms with Gasteiger partial charge in [-0.05, 0) is 42.5 Å². The molecule has 0 fully saturated rings. The molecule has 4 heteroatoms. The van der Waals surface area contributed by atoms with E-state index in [1.807, 2.05) is 42.5 Å². The minimum atomic E-state index is -0.989. The number of aryl methyl sites for hydroxylation is 1. The highest BCUT2D eigenvalue weighted by Crippen LogP contribution is 2.34. The lowest BCUT2D eigenvalue weighted by atomic mass is 9.79. The van der Waals surface area contributed by atoms with Crippen molar-refractivity contribution in [3.05, 3.63) is 65.7 Å². The number of rotatable bonds is 5. The van der Waals surface area contributed by atoms with Gasteiger partial charge in [0, 0.05) is 0 Å². The van der Waals surface area contributed by atoms with E-state index < -0.39 is 5.60 Å². The number of carbonyl (C=O) groups is 1. The number of amides is 1. The summed E-state index contributed by atoms with van der Waals surface area (Å²) in [4.78, 5) is 12.0. The SMILES string of the molecule is O=C(COc1ccccc1)NCC1(O)CCCc2ccccc21. The van der Waals surface area contributed by atoms with Crippen molar-refractivity contribution < 1.29 is 14.6 Å². The van der Waals surface area contributed by atoms with Gasteiger partial charge in [-0.25, -0.2) is 0 Å². The molecule has 1 unspecified atom stereocenters. The molecule has 3 rings (SSSR count). The first-order valence-corrected chi connectivity index (χ1v) is 7.93. The number of nitrogens with one attached hydrogen (secondary N) is 1. The normalized spacial score (nSPS) is 19.7. The number of carbonyl (C=O) groups excluding carboxylic acids is 1.